The number of nitrogens with zero attached hydrogens (tertiary/aromatic N) is 4. The summed E-state index contributed by atoms with van der Waals surface area (Å²) in [5, 5.41) is 11.9. The predicted molar refractivity (Wildman–Crippen MR) is 120 cm³/mol. The number of halogens is 5. The van der Waals surface area contributed by atoms with Crippen LogP contribution >= 0.6 is 0 Å². The zero-order valence-electron chi connectivity index (χ0n) is 19.2. The lowest BCUT2D eigenvalue weighted by Gasteiger charge is -2.22. The topological polar surface area (TPSA) is 100 Å². The van der Waals surface area contributed by atoms with Crippen LogP contribution in [0.15, 0.2) is 35.4 Å². The summed E-state index contributed by atoms with van der Waals surface area (Å²) < 4.78 is 68.7. The highest BCUT2D eigenvalue weighted by molar-refractivity contribution is 5.97. The Morgan fingerprint density at radius 1 is 1.31 bits per heavy atom. The third-order valence-electron chi connectivity index (χ3n) is 5.98. The quantitative estimate of drug-likeness (QED) is 0.511. The third kappa shape index (κ3) is 4.87. The second-order valence-corrected chi connectivity index (χ2v) is 8.89. The molecule has 36 heavy (non-hydrogen) atoms. The number of anilines is 1. The molecule has 0 aliphatic carbocycles. The van der Waals surface area contributed by atoms with Gasteiger partial charge in [0.25, 0.3) is 5.91 Å². The van der Waals surface area contributed by atoms with Crippen molar-refractivity contribution in [3.63, 3.8) is 0 Å². The molecule has 13 heteroatoms. The normalized spacial score (nSPS) is 19.1. The number of β-amino-alcohol motifs (C(OH)–C–C–N with tert-alkyl or cyclic N) is 1. The van der Waals surface area contributed by atoms with Crippen LogP contribution in [0.4, 0.5) is 27.8 Å². The van der Waals surface area contributed by atoms with E-state index in [0.717, 1.165) is 10.8 Å². The third-order valence-corrected chi connectivity index (χ3v) is 5.98. The first kappa shape index (κ1) is 25.5. The average Bonchev–Trinajstić information content (AvgIpc) is 3.16. The average molecular weight is 511 g/mol. The highest BCUT2D eigenvalue weighted by Crippen LogP contribution is 2.28. The fourth-order valence-electron chi connectivity index (χ4n) is 4.07. The molecule has 3 aromatic rings. The minimum Gasteiger partial charge on any atom is -0.388 e. The summed E-state index contributed by atoms with van der Waals surface area (Å²) in [6, 6.07) is 1.08. The van der Waals surface area contributed by atoms with E-state index in [1.807, 2.05) is 0 Å². The van der Waals surface area contributed by atoms with E-state index in [-0.39, 0.29) is 17.6 Å². The molecule has 1 amide bonds. The second kappa shape index (κ2) is 9.12. The van der Waals surface area contributed by atoms with Crippen molar-refractivity contribution in [2.45, 2.75) is 44.5 Å². The van der Waals surface area contributed by atoms with Crippen molar-refractivity contribution >= 4 is 22.8 Å². The fourth-order valence-corrected chi connectivity index (χ4v) is 4.07. The first-order chi connectivity index (χ1) is 16.8. The molecule has 0 bridgehead atoms. The van der Waals surface area contributed by atoms with E-state index < -0.39 is 58.6 Å². The maximum absolute atomic E-state index is 14.7. The van der Waals surface area contributed by atoms with Crippen molar-refractivity contribution in [2.24, 2.45) is 0 Å². The number of alkyl halides is 3. The van der Waals surface area contributed by atoms with E-state index in [1.165, 1.54) is 19.1 Å². The van der Waals surface area contributed by atoms with Crippen LogP contribution in [0.2, 0.25) is 0 Å². The van der Waals surface area contributed by atoms with Gasteiger partial charge in [0.05, 0.1) is 17.2 Å². The molecule has 4 rings (SSSR count). The van der Waals surface area contributed by atoms with Crippen LogP contribution in [0.5, 0.6) is 0 Å². The zero-order chi connectivity index (χ0) is 26.4. The maximum atomic E-state index is 14.7. The van der Waals surface area contributed by atoms with Crippen LogP contribution in [0.3, 0.4) is 0 Å². The number of carbonyl (C=O) groups is 1. The summed E-state index contributed by atoms with van der Waals surface area (Å²) in [6.07, 6.45) is -3.23. The Labute approximate surface area is 201 Å². The van der Waals surface area contributed by atoms with Crippen molar-refractivity contribution in [2.75, 3.05) is 18.0 Å². The molecule has 1 fully saturated rings. The van der Waals surface area contributed by atoms with E-state index >= 15 is 0 Å². The summed E-state index contributed by atoms with van der Waals surface area (Å²) in [7, 11) is 0. The maximum Gasteiger partial charge on any atom is 0.408 e. The van der Waals surface area contributed by atoms with Gasteiger partial charge in [-0.2, -0.15) is 13.2 Å². The minimum atomic E-state index is -4.75. The molecule has 1 saturated heterocycles. The summed E-state index contributed by atoms with van der Waals surface area (Å²) in [4.78, 5) is 35.7. The number of fused-ring (bicyclic) bond motifs is 1. The number of amides is 1. The lowest BCUT2D eigenvalue weighted by Crippen LogP contribution is -2.46. The van der Waals surface area contributed by atoms with Gasteiger partial charge >= 0.3 is 6.18 Å². The number of rotatable bonds is 5. The van der Waals surface area contributed by atoms with Gasteiger partial charge in [0.2, 0.25) is 5.43 Å². The highest BCUT2D eigenvalue weighted by Gasteiger charge is 2.40. The summed E-state index contributed by atoms with van der Waals surface area (Å²) >= 11 is 0. The van der Waals surface area contributed by atoms with Gasteiger partial charge in [0, 0.05) is 25.4 Å². The van der Waals surface area contributed by atoms with Crippen LogP contribution in [-0.4, -0.2) is 56.5 Å². The number of nitrogens with one attached hydrogen (secondary N) is 1. The number of aromatic nitrogens is 3. The van der Waals surface area contributed by atoms with Gasteiger partial charge in [-0.15, -0.1) is 0 Å². The first-order valence-corrected chi connectivity index (χ1v) is 11.0. The molecule has 8 nitrogen and oxygen atoms in total. The largest absolute Gasteiger partial charge is 0.408 e. The molecule has 2 N–H and O–H groups in total. The predicted octanol–water partition coefficient (Wildman–Crippen LogP) is 3.09. The van der Waals surface area contributed by atoms with Gasteiger partial charge in [0.1, 0.15) is 23.2 Å². The van der Waals surface area contributed by atoms with Crippen molar-refractivity contribution < 1.29 is 31.9 Å². The van der Waals surface area contributed by atoms with E-state index in [4.69, 9.17) is 0 Å². The SMILES string of the molecule is CCC(NC(=O)c1cn(-c2ncc(F)cc2F)c2nc(N3CCC(C)(O)C3)ccc2c1=O)C(F)(F)F. The Morgan fingerprint density at radius 3 is 2.61 bits per heavy atom. The molecule has 2 unspecified atom stereocenters. The van der Waals surface area contributed by atoms with Crippen LogP contribution in [-0.2, 0) is 0 Å². The molecular weight excluding hydrogens is 489 g/mol. The molecule has 0 radical (unpaired) electrons. The highest BCUT2D eigenvalue weighted by atomic mass is 19.4. The Hall–Kier alpha value is -3.61. The Bertz CT molecular complexity index is 1390. The van der Waals surface area contributed by atoms with Crippen molar-refractivity contribution in [1.82, 2.24) is 19.9 Å². The lowest BCUT2D eigenvalue weighted by molar-refractivity contribution is -0.153. The van der Waals surface area contributed by atoms with Gasteiger partial charge in [0.15, 0.2) is 17.3 Å². The molecule has 192 valence electrons. The Kier molecular flexibility index (Phi) is 6.45. The summed E-state index contributed by atoms with van der Waals surface area (Å²) in [5.41, 5.74) is -2.75. The van der Waals surface area contributed by atoms with E-state index in [1.54, 1.807) is 17.1 Å². The fraction of sp³-hybridized carbons (Fsp3) is 0.391. The van der Waals surface area contributed by atoms with Crippen molar-refractivity contribution in [3.05, 3.63) is 58.0 Å². The number of hydrogen-bond acceptors (Lipinski definition) is 6. The van der Waals surface area contributed by atoms with Crippen LogP contribution in [0.1, 0.15) is 37.0 Å². The van der Waals surface area contributed by atoms with Crippen molar-refractivity contribution in [3.8, 4) is 5.82 Å². The Morgan fingerprint density at radius 2 is 2.03 bits per heavy atom. The summed E-state index contributed by atoms with van der Waals surface area (Å²) in [5.74, 6) is -3.64. The van der Waals surface area contributed by atoms with Crippen LogP contribution in [0, 0.1) is 11.6 Å². The molecule has 1 aliphatic rings. The monoisotopic (exact) mass is 511 g/mol. The van der Waals surface area contributed by atoms with E-state index in [0.29, 0.717) is 31.0 Å². The minimum absolute atomic E-state index is 0.151. The number of aliphatic hydroxyl groups is 1. The van der Waals surface area contributed by atoms with E-state index in [2.05, 4.69) is 9.97 Å². The molecule has 4 heterocycles. The molecule has 0 saturated carbocycles. The second-order valence-electron chi connectivity index (χ2n) is 8.89. The van der Waals surface area contributed by atoms with Gasteiger partial charge < -0.3 is 15.3 Å². The first-order valence-electron chi connectivity index (χ1n) is 11.0. The standard InChI is InChI=1S/C23H22F5N5O3/c1-3-16(23(26,27)28)30-21(35)14-10-33(20-15(25)8-12(24)9-29-20)19-13(18(14)34)4-5-17(31-19)32-7-6-22(2,36)11-32/h4-5,8-10,16,36H,3,6-7,11H2,1-2H3,(H,30,35). The number of hydrogen-bond donors (Lipinski definition) is 2. The molecular formula is C23H22F5N5O3. The molecule has 3 aromatic heterocycles. The van der Waals surface area contributed by atoms with Gasteiger partial charge in [-0.05, 0) is 31.9 Å². The molecule has 0 spiro atoms. The Balaban J connectivity index is 1.90. The zero-order valence-corrected chi connectivity index (χ0v) is 19.2. The van der Waals surface area contributed by atoms with Gasteiger partial charge in [-0.3, -0.25) is 14.2 Å². The van der Waals surface area contributed by atoms with Crippen molar-refractivity contribution in [1.29, 1.82) is 0 Å². The van der Waals surface area contributed by atoms with E-state index in [9.17, 15) is 36.6 Å². The molecule has 2 atom stereocenters. The summed E-state index contributed by atoms with van der Waals surface area (Å²) in [6.45, 7) is 3.54. The van der Waals surface area contributed by atoms with Gasteiger partial charge in [-0.1, -0.05) is 6.92 Å². The lowest BCUT2D eigenvalue weighted by atomic mass is 10.1. The number of carbonyl (C=O) groups excluding carboxylic acids is 1. The smallest absolute Gasteiger partial charge is 0.388 e. The molecule has 1 aliphatic heterocycles. The van der Waals surface area contributed by atoms with Crippen LogP contribution < -0.4 is 15.6 Å². The molecule has 0 aromatic carbocycles. The van der Waals surface area contributed by atoms with Gasteiger partial charge in [-0.25, -0.2) is 18.7 Å². The number of pyridine rings is 3. The van der Waals surface area contributed by atoms with Crippen LogP contribution in [0.25, 0.3) is 16.9 Å².